The Morgan fingerprint density at radius 3 is 2.86 bits per heavy atom. The Labute approximate surface area is 87.5 Å². The van der Waals surface area contributed by atoms with E-state index in [1.165, 1.54) is 0 Å². The zero-order valence-corrected chi connectivity index (χ0v) is 8.80. The molecule has 0 amide bonds. The van der Waals surface area contributed by atoms with Crippen molar-refractivity contribution in [2.75, 3.05) is 7.11 Å². The fraction of sp³-hybridized carbons (Fsp3) is 0.182. The van der Waals surface area contributed by atoms with Gasteiger partial charge in [0.05, 0.1) is 12.6 Å². The van der Waals surface area contributed by atoms with Crippen LogP contribution in [0.1, 0.15) is 5.56 Å². The monoisotopic (exact) mass is 207 g/mol. The van der Waals surface area contributed by atoms with Crippen molar-refractivity contribution in [3.63, 3.8) is 0 Å². The number of aromatic nitrogens is 1. The van der Waals surface area contributed by atoms with Crippen molar-refractivity contribution in [2.45, 2.75) is 6.92 Å². The molecule has 0 fully saturated rings. The first-order valence-corrected chi connectivity index (χ1v) is 4.69. The van der Waals surface area contributed by atoms with E-state index in [2.05, 4.69) is 4.98 Å². The normalized spacial score (nSPS) is 10.5. The minimum absolute atomic E-state index is 0.691. The molecule has 0 radical (unpaired) electrons. The second-order valence-corrected chi connectivity index (χ2v) is 3.57. The summed E-state index contributed by atoms with van der Waals surface area (Å²) in [6, 6.07) is 5.60. The molecule has 14 heavy (non-hydrogen) atoms. The molecule has 0 bridgehead atoms. The molecule has 0 N–H and O–H groups in total. The lowest BCUT2D eigenvalue weighted by Gasteiger charge is -2.07. The lowest BCUT2D eigenvalue weighted by atomic mass is 10.1. The van der Waals surface area contributed by atoms with E-state index in [4.69, 9.17) is 16.3 Å². The van der Waals surface area contributed by atoms with Crippen LogP contribution in [0.5, 0.6) is 5.75 Å². The Morgan fingerprint density at radius 2 is 2.14 bits per heavy atom. The molecule has 2 nitrogen and oxygen atoms in total. The number of fused-ring (bicyclic) bond motifs is 1. The number of benzene rings is 1. The van der Waals surface area contributed by atoms with E-state index < -0.39 is 0 Å². The van der Waals surface area contributed by atoms with Crippen LogP contribution in [-0.2, 0) is 0 Å². The van der Waals surface area contributed by atoms with Crippen LogP contribution < -0.4 is 4.74 Å². The number of halogens is 1. The molecule has 0 atom stereocenters. The van der Waals surface area contributed by atoms with Crippen molar-refractivity contribution in [2.24, 2.45) is 0 Å². The molecule has 0 spiro atoms. The van der Waals surface area contributed by atoms with Gasteiger partial charge in [0.1, 0.15) is 5.75 Å². The number of hydrogen-bond donors (Lipinski definition) is 0. The van der Waals surface area contributed by atoms with Crippen molar-refractivity contribution in [1.29, 1.82) is 0 Å². The smallest absolute Gasteiger partial charge is 0.132 e. The maximum absolute atomic E-state index is 5.87. The number of aryl methyl sites for hydroxylation is 1. The largest absolute Gasteiger partial charge is 0.496 e. The second-order valence-electron chi connectivity index (χ2n) is 3.14. The van der Waals surface area contributed by atoms with Gasteiger partial charge in [0.25, 0.3) is 0 Å². The third-order valence-corrected chi connectivity index (χ3v) is 2.40. The van der Waals surface area contributed by atoms with Gasteiger partial charge in [0.2, 0.25) is 0 Å². The van der Waals surface area contributed by atoms with Gasteiger partial charge in [-0.3, -0.25) is 4.98 Å². The first-order valence-electron chi connectivity index (χ1n) is 4.31. The van der Waals surface area contributed by atoms with Crippen molar-refractivity contribution >= 4 is 22.5 Å². The van der Waals surface area contributed by atoms with E-state index in [1.54, 1.807) is 13.3 Å². The van der Waals surface area contributed by atoms with E-state index in [9.17, 15) is 0 Å². The summed E-state index contributed by atoms with van der Waals surface area (Å²) in [5.41, 5.74) is 1.89. The third kappa shape index (κ3) is 1.42. The number of ether oxygens (including phenoxy) is 1. The number of rotatable bonds is 1. The lowest BCUT2D eigenvalue weighted by molar-refractivity contribution is 0.416. The number of hydrogen-bond acceptors (Lipinski definition) is 2. The maximum atomic E-state index is 5.87. The van der Waals surface area contributed by atoms with Crippen LogP contribution in [0, 0.1) is 6.92 Å². The highest BCUT2D eigenvalue weighted by Gasteiger charge is 2.05. The highest BCUT2D eigenvalue weighted by atomic mass is 35.5. The molecule has 0 aliphatic carbocycles. The van der Waals surface area contributed by atoms with Crippen molar-refractivity contribution in [3.05, 3.63) is 35.0 Å². The molecule has 0 aliphatic heterocycles. The molecule has 3 heteroatoms. The van der Waals surface area contributed by atoms with Gasteiger partial charge < -0.3 is 4.74 Å². The molecule has 2 rings (SSSR count). The minimum atomic E-state index is 0.691. The highest BCUT2D eigenvalue weighted by Crippen LogP contribution is 2.28. The average molecular weight is 208 g/mol. The summed E-state index contributed by atoms with van der Waals surface area (Å²) in [6.45, 7) is 1.97. The molecule has 72 valence electrons. The molecule has 1 aromatic carbocycles. The first kappa shape index (κ1) is 9.28. The van der Waals surface area contributed by atoms with E-state index in [0.29, 0.717) is 5.02 Å². The summed E-state index contributed by atoms with van der Waals surface area (Å²) in [6.07, 6.45) is 1.79. The molecular formula is C11H10ClNO. The van der Waals surface area contributed by atoms with Gasteiger partial charge in [-0.25, -0.2) is 0 Å². The van der Waals surface area contributed by atoms with Gasteiger partial charge in [-0.15, -0.1) is 0 Å². The summed E-state index contributed by atoms with van der Waals surface area (Å²) in [7, 11) is 1.66. The van der Waals surface area contributed by atoms with Crippen LogP contribution in [-0.4, -0.2) is 12.1 Å². The van der Waals surface area contributed by atoms with Crippen molar-refractivity contribution in [3.8, 4) is 5.75 Å². The van der Waals surface area contributed by atoms with Gasteiger partial charge in [-0.05, 0) is 25.1 Å². The van der Waals surface area contributed by atoms with Gasteiger partial charge in [-0.2, -0.15) is 0 Å². The number of pyridine rings is 1. The summed E-state index contributed by atoms with van der Waals surface area (Å²) in [5.74, 6) is 0.867. The van der Waals surface area contributed by atoms with E-state index in [1.807, 2.05) is 25.1 Å². The highest BCUT2D eigenvalue weighted by molar-refractivity contribution is 6.31. The zero-order chi connectivity index (χ0) is 10.1. The molecule has 2 aromatic rings. The van der Waals surface area contributed by atoms with Crippen LogP contribution in [0.25, 0.3) is 10.9 Å². The lowest BCUT2D eigenvalue weighted by Crippen LogP contribution is -1.90. The van der Waals surface area contributed by atoms with Gasteiger partial charge in [0.15, 0.2) is 0 Å². The van der Waals surface area contributed by atoms with E-state index >= 15 is 0 Å². The molecular weight excluding hydrogens is 198 g/mol. The standard InChI is InChI=1S/C11H10ClNO/c1-7-6-13-10-5-8(12)3-4-9(10)11(7)14-2/h3-6H,1-2H3. The zero-order valence-electron chi connectivity index (χ0n) is 8.04. The average Bonchev–Trinajstić information content (AvgIpc) is 2.18. The van der Waals surface area contributed by atoms with Crippen LogP contribution >= 0.6 is 11.6 Å². The number of nitrogens with zero attached hydrogens (tertiary/aromatic N) is 1. The van der Waals surface area contributed by atoms with Gasteiger partial charge in [-0.1, -0.05) is 11.6 Å². The molecule has 0 aliphatic rings. The van der Waals surface area contributed by atoms with Crippen LogP contribution in [0.4, 0.5) is 0 Å². The summed E-state index contributed by atoms with van der Waals surface area (Å²) < 4.78 is 5.32. The van der Waals surface area contributed by atoms with Gasteiger partial charge in [0, 0.05) is 22.2 Å². The number of methoxy groups -OCH3 is 1. The Morgan fingerprint density at radius 1 is 1.36 bits per heavy atom. The molecule has 0 saturated heterocycles. The van der Waals surface area contributed by atoms with Crippen molar-refractivity contribution < 1.29 is 4.74 Å². The predicted molar refractivity (Wildman–Crippen MR) is 58.0 cm³/mol. The third-order valence-electron chi connectivity index (χ3n) is 2.16. The Bertz CT molecular complexity index is 482. The second kappa shape index (κ2) is 3.46. The minimum Gasteiger partial charge on any atom is -0.496 e. The SMILES string of the molecule is COc1c(C)cnc2cc(Cl)ccc12. The molecule has 0 unspecified atom stereocenters. The van der Waals surface area contributed by atoms with Gasteiger partial charge >= 0.3 is 0 Å². The Kier molecular flexibility index (Phi) is 2.30. The Hall–Kier alpha value is -1.28. The fourth-order valence-corrected chi connectivity index (χ4v) is 1.68. The Balaban J connectivity index is 2.82. The quantitative estimate of drug-likeness (QED) is 0.717. The predicted octanol–water partition coefficient (Wildman–Crippen LogP) is 3.21. The van der Waals surface area contributed by atoms with Crippen LogP contribution in [0.15, 0.2) is 24.4 Å². The van der Waals surface area contributed by atoms with Crippen LogP contribution in [0.2, 0.25) is 5.02 Å². The van der Waals surface area contributed by atoms with Crippen LogP contribution in [0.3, 0.4) is 0 Å². The first-order chi connectivity index (χ1) is 6.72. The topological polar surface area (TPSA) is 22.1 Å². The maximum Gasteiger partial charge on any atom is 0.132 e. The van der Waals surface area contributed by atoms with E-state index in [-0.39, 0.29) is 0 Å². The summed E-state index contributed by atoms with van der Waals surface area (Å²) in [5, 5.41) is 1.69. The van der Waals surface area contributed by atoms with E-state index in [0.717, 1.165) is 22.2 Å². The summed E-state index contributed by atoms with van der Waals surface area (Å²) in [4.78, 5) is 4.29. The summed E-state index contributed by atoms with van der Waals surface area (Å²) >= 11 is 5.87. The fourth-order valence-electron chi connectivity index (χ4n) is 1.51. The molecule has 1 aromatic heterocycles. The molecule has 1 heterocycles. The van der Waals surface area contributed by atoms with Crippen molar-refractivity contribution in [1.82, 2.24) is 4.98 Å². The molecule has 0 saturated carbocycles.